The molecule has 0 bridgehead atoms. The number of ether oxygens (including phenoxy) is 3. The minimum absolute atomic E-state index is 0.0747. The van der Waals surface area contributed by atoms with Gasteiger partial charge in [0.2, 0.25) is 0 Å². The minimum Gasteiger partial charge on any atom is -0.433 e. The second kappa shape index (κ2) is 36.5. The van der Waals surface area contributed by atoms with Crippen molar-refractivity contribution < 1.29 is 43.9 Å². The van der Waals surface area contributed by atoms with E-state index in [9.17, 15) is 29.8 Å². The van der Waals surface area contributed by atoms with E-state index in [-0.39, 0.29) is 42.7 Å². The molecule has 0 unspecified atom stereocenters. The van der Waals surface area contributed by atoms with Gasteiger partial charge in [-0.1, -0.05) is 45.9 Å². The van der Waals surface area contributed by atoms with Gasteiger partial charge in [-0.25, -0.2) is 29.5 Å². The fourth-order valence-corrected chi connectivity index (χ4v) is 8.75. The Morgan fingerprint density at radius 2 is 0.938 bits per heavy atom. The third kappa shape index (κ3) is 28.7. The Labute approximate surface area is 407 Å². The number of benzene rings is 2. The number of pyridine rings is 4. The highest BCUT2D eigenvalue weighted by Gasteiger charge is 2.10. The van der Waals surface area contributed by atoms with Gasteiger partial charge in [-0.2, -0.15) is 12.6 Å². The van der Waals surface area contributed by atoms with Crippen molar-refractivity contribution in [3.8, 4) is 11.5 Å². The van der Waals surface area contributed by atoms with Crippen LogP contribution in [0.5, 0.6) is 11.5 Å². The van der Waals surface area contributed by atoms with E-state index in [0.29, 0.717) is 11.5 Å². The molecule has 4 heterocycles. The molecule has 4 aromatic heterocycles. The number of nitro groups is 2. The highest BCUT2D eigenvalue weighted by molar-refractivity contribution is 8.77. The van der Waals surface area contributed by atoms with E-state index in [1.807, 2.05) is 72.8 Å². The van der Waals surface area contributed by atoms with Gasteiger partial charge in [-0.05, 0) is 116 Å². The quantitative estimate of drug-likeness (QED) is 0.0112. The number of carbonyl (C=O) groups excluding carboxylic acids is 2. The van der Waals surface area contributed by atoms with Crippen LogP contribution in [0.15, 0.2) is 166 Å². The van der Waals surface area contributed by atoms with E-state index in [2.05, 4.69) is 37.3 Å². The number of aliphatic hydroxyl groups excluding tert-OH is 2. The zero-order valence-corrected chi connectivity index (χ0v) is 40.2. The average Bonchev–Trinajstić information content (AvgIpc) is 3.33. The number of rotatable bonds is 17. The molecule has 2 N–H and O–H groups in total. The van der Waals surface area contributed by atoms with Crippen LogP contribution in [0.4, 0.5) is 21.0 Å². The maximum atomic E-state index is 11.5. The minimum atomic E-state index is -0.978. The zero-order chi connectivity index (χ0) is 47.3. The van der Waals surface area contributed by atoms with Crippen molar-refractivity contribution in [1.82, 2.24) is 19.9 Å². The molecule has 0 fully saturated rings. The molecule has 0 spiro atoms. The van der Waals surface area contributed by atoms with E-state index in [1.165, 1.54) is 70.1 Å². The summed E-state index contributed by atoms with van der Waals surface area (Å²) in [6.45, 7) is 0.601. The summed E-state index contributed by atoms with van der Waals surface area (Å²) in [6.07, 6.45) is 6.22. The van der Waals surface area contributed by atoms with Gasteiger partial charge in [0.15, 0.2) is 0 Å². The number of hydrogen-bond donors (Lipinski definition) is 3. The van der Waals surface area contributed by atoms with Crippen molar-refractivity contribution >= 4 is 112 Å². The summed E-state index contributed by atoms with van der Waals surface area (Å²) in [5.41, 5.74) is -1.13. The summed E-state index contributed by atoms with van der Waals surface area (Å²) < 4.78 is 14.3. The lowest BCUT2D eigenvalue weighted by molar-refractivity contribution is -0.385. The predicted octanol–water partition coefficient (Wildman–Crippen LogP) is 11.3. The molecule has 0 radical (unpaired) electrons. The van der Waals surface area contributed by atoms with E-state index in [0.717, 1.165) is 25.9 Å². The van der Waals surface area contributed by atoms with Gasteiger partial charge in [-0.15, -0.1) is 0 Å². The Bertz CT molecular complexity index is 2170. The fourth-order valence-electron chi connectivity index (χ4n) is 3.56. The average molecular weight is 1040 g/mol. The molecule has 0 aliphatic heterocycles. The molecule has 65 heavy (non-hydrogen) atoms. The number of halogens is 1. The van der Waals surface area contributed by atoms with Crippen LogP contribution >= 0.6 is 89.0 Å². The Balaban J connectivity index is 0.000000301. The summed E-state index contributed by atoms with van der Waals surface area (Å²) in [7, 11) is 9.43. The Morgan fingerprint density at radius 3 is 1.26 bits per heavy atom. The molecule has 6 aromatic rings. The standard InChI is InChI=1S/C14H12N2O5S2.C10H8N2S2.C7H4ClNO4.C7H9NOS2.C2H6OS/c17-14(21-12-6-4-11(5-7-12)16(18)19)20-9-10-22-23-13-3-1-2-8-15-13;1-3-7-11-9(5-1)13-14-10-6-2-4-8-12-10;8-7(10)13-6-3-1-5(2-4-6)9(11)12;9-5-6-10-11-7-3-1-2-4-8-7;3-1-2-4/h1-8H,9-10H2;1-8H;1-4H;1-4,9H,5-6H2;3-4H,1-2H2. The van der Waals surface area contributed by atoms with Crippen LogP contribution < -0.4 is 9.47 Å². The first-order valence-corrected chi connectivity index (χ1v) is 25.9. The van der Waals surface area contributed by atoms with Gasteiger partial charge in [0, 0.05) is 77.9 Å². The SMILES string of the molecule is O=C(Cl)Oc1ccc([N+](=O)[O-])cc1.O=C(OCCSSc1ccccn1)Oc1ccc([N+](=O)[O-])cc1.OCCS.OCCSSc1ccccn1.c1ccc(SSc2ccccn2)nc1. The number of nitrogens with zero attached hydrogens (tertiary/aromatic N) is 6. The Morgan fingerprint density at radius 1 is 0.569 bits per heavy atom. The molecule has 17 nitrogen and oxygen atoms in total. The van der Waals surface area contributed by atoms with Crippen molar-refractivity contribution in [2.45, 2.75) is 20.1 Å². The lowest BCUT2D eigenvalue weighted by atomic mass is 10.3. The van der Waals surface area contributed by atoms with E-state index in [1.54, 1.807) is 68.0 Å². The van der Waals surface area contributed by atoms with E-state index < -0.39 is 21.4 Å². The van der Waals surface area contributed by atoms with Crippen molar-refractivity contribution in [2.24, 2.45) is 0 Å². The van der Waals surface area contributed by atoms with Gasteiger partial charge in [0.25, 0.3) is 11.4 Å². The highest BCUT2D eigenvalue weighted by Crippen LogP contribution is 2.34. The van der Waals surface area contributed by atoms with E-state index in [4.69, 9.17) is 31.3 Å². The van der Waals surface area contributed by atoms with Crippen LogP contribution in [0.3, 0.4) is 0 Å². The summed E-state index contributed by atoms with van der Waals surface area (Å²) >= 11 is 8.59. The monoisotopic (exact) mass is 1040 g/mol. The van der Waals surface area contributed by atoms with Gasteiger partial charge < -0.3 is 24.4 Å². The first-order chi connectivity index (χ1) is 31.5. The first kappa shape index (κ1) is 56.4. The van der Waals surface area contributed by atoms with Crippen LogP contribution in [-0.4, -0.2) is 88.7 Å². The second-order valence-corrected chi connectivity index (χ2v) is 18.7. The second-order valence-electron chi connectivity index (χ2n) is 10.9. The molecule has 0 saturated carbocycles. The van der Waals surface area contributed by atoms with Gasteiger partial charge in [0.1, 0.15) is 38.2 Å². The molecular formula is C40H39ClN6O11S7. The Hall–Kier alpha value is -4.76. The Kier molecular flexibility index (Phi) is 31.6. The number of non-ortho nitro benzene ring substituents is 2. The third-order valence-corrected chi connectivity index (χ3v) is 13.1. The van der Waals surface area contributed by atoms with Crippen molar-refractivity contribution in [1.29, 1.82) is 0 Å². The molecule has 344 valence electrons. The zero-order valence-electron chi connectivity index (χ0n) is 33.6. The molecular weight excluding hydrogens is 1000 g/mol. The first-order valence-electron chi connectivity index (χ1n) is 18.2. The van der Waals surface area contributed by atoms with Crippen LogP contribution in [0, 0.1) is 20.2 Å². The number of aliphatic hydroxyl groups is 2. The number of carbonyl (C=O) groups is 2. The normalized spacial score (nSPS) is 9.72. The summed E-state index contributed by atoms with van der Waals surface area (Å²) in [6, 6.07) is 33.4. The number of aromatic nitrogens is 4. The topological polar surface area (TPSA) is 240 Å². The van der Waals surface area contributed by atoms with Gasteiger partial charge in [-0.3, -0.25) is 20.2 Å². The van der Waals surface area contributed by atoms with Crippen LogP contribution in [-0.2, 0) is 4.74 Å². The molecule has 0 atom stereocenters. The third-order valence-electron chi connectivity index (χ3n) is 6.21. The van der Waals surface area contributed by atoms with Crippen LogP contribution in [0.25, 0.3) is 0 Å². The van der Waals surface area contributed by atoms with Gasteiger partial charge >= 0.3 is 11.6 Å². The molecule has 0 aliphatic carbocycles. The molecule has 25 heteroatoms. The maximum absolute atomic E-state index is 11.5. The van der Waals surface area contributed by atoms with Crippen LogP contribution in [0.2, 0.25) is 0 Å². The maximum Gasteiger partial charge on any atom is 0.513 e. The molecule has 2 aromatic carbocycles. The fraction of sp³-hybridized carbons (Fsp3) is 0.150. The number of hydrogen-bond acceptors (Lipinski definition) is 22. The number of nitro benzene ring substituents is 2. The molecule has 0 amide bonds. The van der Waals surface area contributed by atoms with Crippen molar-refractivity contribution in [2.75, 3.05) is 37.1 Å². The number of thiol groups is 1. The van der Waals surface area contributed by atoms with Gasteiger partial charge in [0.05, 0.1) is 23.1 Å². The summed E-state index contributed by atoms with van der Waals surface area (Å²) in [4.78, 5) is 58.0. The molecule has 0 saturated heterocycles. The van der Waals surface area contributed by atoms with E-state index >= 15 is 0 Å². The largest absolute Gasteiger partial charge is 0.513 e. The summed E-state index contributed by atoms with van der Waals surface area (Å²) in [5, 5.41) is 40.9. The van der Waals surface area contributed by atoms with Crippen molar-refractivity contribution in [3.05, 3.63) is 166 Å². The smallest absolute Gasteiger partial charge is 0.433 e. The predicted molar refractivity (Wildman–Crippen MR) is 263 cm³/mol. The highest BCUT2D eigenvalue weighted by atomic mass is 35.5. The lowest BCUT2D eigenvalue weighted by Crippen LogP contribution is -2.12. The van der Waals surface area contributed by atoms with Crippen molar-refractivity contribution in [3.63, 3.8) is 0 Å². The molecule has 0 aliphatic rings. The molecule has 6 rings (SSSR count). The van der Waals surface area contributed by atoms with Crippen LogP contribution in [0.1, 0.15) is 0 Å². The summed E-state index contributed by atoms with van der Waals surface area (Å²) in [5.74, 6) is 2.26. The lowest BCUT2D eigenvalue weighted by Gasteiger charge is -2.05.